The van der Waals surface area contributed by atoms with Crippen molar-refractivity contribution in [2.24, 2.45) is 0 Å². The summed E-state index contributed by atoms with van der Waals surface area (Å²) in [7, 11) is 0. The lowest BCUT2D eigenvalue weighted by atomic mass is 10.3. The quantitative estimate of drug-likeness (QED) is 0.690. The molecule has 2 amide bonds. The van der Waals surface area contributed by atoms with Crippen molar-refractivity contribution in [1.82, 2.24) is 10.9 Å². The maximum absolute atomic E-state index is 12.8. The van der Waals surface area contributed by atoms with Crippen LogP contribution in [0.4, 0.5) is 4.39 Å². The minimum atomic E-state index is -0.832. The van der Waals surface area contributed by atoms with E-state index in [9.17, 15) is 14.0 Å². The number of hydrogen-bond acceptors (Lipinski definition) is 5. The maximum atomic E-state index is 12.8. The molecule has 0 radical (unpaired) electrons. The van der Waals surface area contributed by atoms with Gasteiger partial charge in [0.1, 0.15) is 23.1 Å². The van der Waals surface area contributed by atoms with Crippen molar-refractivity contribution in [2.75, 3.05) is 13.2 Å². The molecular formula is C19H21FN2O5. The first-order valence-electron chi connectivity index (χ1n) is 8.34. The van der Waals surface area contributed by atoms with Crippen LogP contribution in [-0.2, 0) is 9.59 Å². The summed E-state index contributed by atoms with van der Waals surface area (Å²) in [6, 6.07) is 12.1. The van der Waals surface area contributed by atoms with Crippen LogP contribution in [0.15, 0.2) is 48.5 Å². The second-order valence-electron chi connectivity index (χ2n) is 5.44. The molecule has 2 rings (SSSR count). The number of carbonyl (C=O) groups is 2. The average molecular weight is 376 g/mol. The van der Waals surface area contributed by atoms with Gasteiger partial charge in [-0.25, -0.2) is 4.39 Å². The normalized spacial score (nSPS) is 11.2. The zero-order chi connectivity index (χ0) is 19.6. The zero-order valence-corrected chi connectivity index (χ0v) is 15.0. The van der Waals surface area contributed by atoms with Crippen LogP contribution in [0.25, 0.3) is 0 Å². The molecule has 2 aromatic rings. The molecule has 2 N–H and O–H groups in total. The summed E-state index contributed by atoms with van der Waals surface area (Å²) in [6.07, 6.45) is -0.832. The van der Waals surface area contributed by atoms with E-state index in [1.54, 1.807) is 31.2 Å². The van der Waals surface area contributed by atoms with Crippen LogP contribution in [0.2, 0.25) is 0 Å². The summed E-state index contributed by atoms with van der Waals surface area (Å²) in [6.45, 7) is 3.66. The maximum Gasteiger partial charge on any atom is 0.279 e. The van der Waals surface area contributed by atoms with Crippen LogP contribution in [0.3, 0.4) is 0 Å². The van der Waals surface area contributed by atoms with Gasteiger partial charge in [-0.1, -0.05) is 0 Å². The number of amides is 2. The third-order valence-corrected chi connectivity index (χ3v) is 3.33. The molecule has 0 saturated heterocycles. The van der Waals surface area contributed by atoms with Crippen LogP contribution in [0.1, 0.15) is 13.8 Å². The Balaban J connectivity index is 1.71. The van der Waals surface area contributed by atoms with Crippen molar-refractivity contribution < 1.29 is 28.2 Å². The van der Waals surface area contributed by atoms with Crippen LogP contribution in [0.5, 0.6) is 17.2 Å². The Morgan fingerprint density at radius 3 is 2.11 bits per heavy atom. The number of benzene rings is 2. The molecule has 7 nitrogen and oxygen atoms in total. The Morgan fingerprint density at radius 2 is 1.48 bits per heavy atom. The van der Waals surface area contributed by atoms with E-state index < -0.39 is 23.7 Å². The number of hydrogen-bond donors (Lipinski definition) is 2. The predicted octanol–water partition coefficient (Wildman–Crippen LogP) is 2.22. The van der Waals surface area contributed by atoms with E-state index in [-0.39, 0.29) is 6.61 Å². The second-order valence-corrected chi connectivity index (χ2v) is 5.44. The van der Waals surface area contributed by atoms with E-state index in [4.69, 9.17) is 14.2 Å². The van der Waals surface area contributed by atoms with Crippen molar-refractivity contribution >= 4 is 11.8 Å². The molecule has 27 heavy (non-hydrogen) atoms. The lowest BCUT2D eigenvalue weighted by Gasteiger charge is -2.15. The third kappa shape index (κ3) is 6.85. The van der Waals surface area contributed by atoms with Gasteiger partial charge in [0.25, 0.3) is 11.8 Å². The van der Waals surface area contributed by atoms with Gasteiger partial charge < -0.3 is 14.2 Å². The van der Waals surface area contributed by atoms with Crippen molar-refractivity contribution in [1.29, 1.82) is 0 Å². The number of carbonyl (C=O) groups excluding carboxylic acids is 2. The Labute approximate surface area is 156 Å². The lowest BCUT2D eigenvalue weighted by molar-refractivity contribution is -0.133. The SMILES string of the molecule is CCOc1ccc(O[C@H](C)C(=O)NNC(=O)COc2ccc(F)cc2)cc1. The summed E-state index contributed by atoms with van der Waals surface area (Å²) in [4.78, 5) is 23.7. The summed E-state index contributed by atoms with van der Waals surface area (Å²) < 4.78 is 28.8. The molecule has 0 aliphatic carbocycles. The highest BCUT2D eigenvalue weighted by molar-refractivity contribution is 5.85. The van der Waals surface area contributed by atoms with Crippen molar-refractivity contribution in [3.05, 3.63) is 54.3 Å². The van der Waals surface area contributed by atoms with E-state index >= 15 is 0 Å². The fourth-order valence-corrected chi connectivity index (χ4v) is 1.99. The Morgan fingerprint density at radius 1 is 0.926 bits per heavy atom. The minimum absolute atomic E-state index is 0.333. The van der Waals surface area contributed by atoms with E-state index in [1.165, 1.54) is 24.3 Å². The Kier molecular flexibility index (Phi) is 7.42. The molecule has 0 aliphatic rings. The fourth-order valence-electron chi connectivity index (χ4n) is 1.99. The summed E-state index contributed by atoms with van der Waals surface area (Å²) in [5.41, 5.74) is 4.47. The molecule has 8 heteroatoms. The summed E-state index contributed by atoms with van der Waals surface area (Å²) in [5, 5.41) is 0. The van der Waals surface area contributed by atoms with Crippen molar-refractivity contribution in [3.8, 4) is 17.2 Å². The first-order chi connectivity index (χ1) is 13.0. The van der Waals surface area contributed by atoms with Gasteiger partial charge in [-0.05, 0) is 62.4 Å². The minimum Gasteiger partial charge on any atom is -0.494 e. The molecule has 1 atom stereocenters. The topological polar surface area (TPSA) is 85.9 Å². The van der Waals surface area contributed by atoms with Crippen LogP contribution in [0, 0.1) is 5.82 Å². The van der Waals surface area contributed by atoms with Crippen LogP contribution >= 0.6 is 0 Å². The molecule has 0 aliphatic heterocycles. The number of halogens is 1. The van der Waals surface area contributed by atoms with Gasteiger partial charge in [0, 0.05) is 0 Å². The number of hydrazine groups is 1. The molecule has 0 bridgehead atoms. The van der Waals surface area contributed by atoms with Gasteiger partial charge in [-0.3, -0.25) is 20.4 Å². The van der Waals surface area contributed by atoms with E-state index in [0.29, 0.717) is 23.9 Å². The largest absolute Gasteiger partial charge is 0.494 e. The fraction of sp³-hybridized carbons (Fsp3) is 0.263. The highest BCUT2D eigenvalue weighted by atomic mass is 19.1. The number of ether oxygens (including phenoxy) is 3. The smallest absolute Gasteiger partial charge is 0.279 e. The highest BCUT2D eigenvalue weighted by Crippen LogP contribution is 2.18. The standard InChI is InChI=1S/C19H21FN2O5/c1-3-25-15-8-10-17(11-9-15)27-13(2)19(24)22-21-18(23)12-26-16-6-4-14(20)5-7-16/h4-11,13H,3,12H2,1-2H3,(H,21,23)(H,22,24)/t13-/m1/s1. The van der Waals surface area contributed by atoms with E-state index in [2.05, 4.69) is 10.9 Å². The summed E-state index contributed by atoms with van der Waals surface area (Å²) >= 11 is 0. The molecule has 0 saturated carbocycles. The van der Waals surface area contributed by atoms with E-state index in [0.717, 1.165) is 0 Å². The van der Waals surface area contributed by atoms with Crippen molar-refractivity contribution in [2.45, 2.75) is 20.0 Å². The van der Waals surface area contributed by atoms with Crippen LogP contribution in [-0.4, -0.2) is 31.1 Å². The number of rotatable bonds is 8. The molecule has 0 fully saturated rings. The first kappa shape index (κ1) is 20.0. The van der Waals surface area contributed by atoms with Gasteiger partial charge in [-0.15, -0.1) is 0 Å². The molecule has 2 aromatic carbocycles. The van der Waals surface area contributed by atoms with Gasteiger partial charge in [-0.2, -0.15) is 0 Å². The van der Waals surface area contributed by atoms with Gasteiger partial charge >= 0.3 is 0 Å². The summed E-state index contributed by atoms with van der Waals surface area (Å²) in [5.74, 6) is 0.0352. The molecular weight excluding hydrogens is 355 g/mol. The Hall–Kier alpha value is -3.29. The molecule has 0 unspecified atom stereocenters. The van der Waals surface area contributed by atoms with Gasteiger partial charge in [0.15, 0.2) is 12.7 Å². The lowest BCUT2D eigenvalue weighted by Crippen LogP contribution is -2.48. The molecule has 0 spiro atoms. The van der Waals surface area contributed by atoms with E-state index in [1.807, 2.05) is 6.92 Å². The second kappa shape index (κ2) is 10.0. The highest BCUT2D eigenvalue weighted by Gasteiger charge is 2.15. The number of nitrogens with one attached hydrogen (secondary N) is 2. The van der Waals surface area contributed by atoms with Crippen LogP contribution < -0.4 is 25.1 Å². The molecule has 0 heterocycles. The third-order valence-electron chi connectivity index (χ3n) is 3.33. The predicted molar refractivity (Wildman–Crippen MR) is 95.9 cm³/mol. The monoisotopic (exact) mass is 376 g/mol. The molecule has 0 aromatic heterocycles. The first-order valence-corrected chi connectivity index (χ1v) is 8.34. The van der Waals surface area contributed by atoms with Gasteiger partial charge in [0.2, 0.25) is 0 Å². The van der Waals surface area contributed by atoms with Gasteiger partial charge in [0.05, 0.1) is 6.61 Å². The molecule has 144 valence electrons. The average Bonchev–Trinajstić information content (AvgIpc) is 2.67. The zero-order valence-electron chi connectivity index (χ0n) is 15.0. The Bertz CT molecular complexity index is 750. The van der Waals surface area contributed by atoms with Crippen molar-refractivity contribution in [3.63, 3.8) is 0 Å².